The molecule has 1 heterocycles. The van der Waals surface area contributed by atoms with Gasteiger partial charge in [-0.25, -0.2) is 8.42 Å². The van der Waals surface area contributed by atoms with Gasteiger partial charge in [-0.15, -0.1) is 0 Å². The monoisotopic (exact) mass is 382 g/mol. The van der Waals surface area contributed by atoms with Gasteiger partial charge in [-0.1, -0.05) is 30.7 Å². The molecular weight excluding hydrogens is 356 g/mol. The first kappa shape index (κ1) is 19.4. The van der Waals surface area contributed by atoms with Crippen LogP contribution in [0.25, 0.3) is 10.9 Å². The molecule has 3 aromatic rings. The second-order valence-electron chi connectivity index (χ2n) is 6.66. The van der Waals surface area contributed by atoms with Gasteiger partial charge in [-0.05, 0) is 57.0 Å². The number of benzene rings is 2. The molecule has 0 spiro atoms. The molecule has 0 aliphatic carbocycles. The summed E-state index contributed by atoms with van der Waals surface area (Å²) in [6.07, 6.45) is 2.39. The lowest BCUT2D eigenvalue weighted by Gasteiger charge is -2.25. The van der Waals surface area contributed by atoms with Gasteiger partial charge in [0.1, 0.15) is 4.90 Å². The van der Waals surface area contributed by atoms with Crippen molar-refractivity contribution in [3.05, 3.63) is 59.8 Å². The van der Waals surface area contributed by atoms with Gasteiger partial charge in [0.25, 0.3) is 0 Å². The maximum Gasteiger partial charge on any atom is 0.210 e. The van der Waals surface area contributed by atoms with E-state index in [2.05, 4.69) is 16.8 Å². The van der Waals surface area contributed by atoms with E-state index < -0.39 is 9.84 Å². The Morgan fingerprint density at radius 1 is 0.963 bits per heavy atom. The van der Waals surface area contributed by atoms with Gasteiger partial charge in [-0.2, -0.15) is 0 Å². The maximum absolute atomic E-state index is 13.5. The number of hydrogen-bond acceptors (Lipinski definition) is 4. The van der Waals surface area contributed by atoms with Gasteiger partial charge in [-0.3, -0.25) is 4.98 Å². The fourth-order valence-electron chi connectivity index (χ4n) is 3.37. The molecule has 0 amide bonds. The van der Waals surface area contributed by atoms with Gasteiger partial charge in [0.2, 0.25) is 9.84 Å². The average Bonchev–Trinajstić information content (AvgIpc) is 2.68. The van der Waals surface area contributed by atoms with Gasteiger partial charge >= 0.3 is 0 Å². The molecule has 0 fully saturated rings. The first-order valence-corrected chi connectivity index (χ1v) is 10.9. The van der Waals surface area contributed by atoms with E-state index in [1.54, 1.807) is 12.1 Å². The SMILES string of the molecule is CCc1ccc(S(=O)(=O)c2cnc3ccc(C)cc3c2N(CC)CC)cc1. The number of nitrogens with zero attached hydrogens (tertiary/aromatic N) is 2. The predicted octanol–water partition coefficient (Wildman–Crippen LogP) is 4.78. The number of aryl methyl sites for hydroxylation is 2. The fourth-order valence-corrected chi connectivity index (χ4v) is 4.80. The van der Waals surface area contributed by atoms with Crippen molar-refractivity contribution in [1.82, 2.24) is 4.98 Å². The second kappa shape index (κ2) is 7.69. The zero-order chi connectivity index (χ0) is 19.6. The van der Waals surface area contributed by atoms with Gasteiger partial charge in [0.15, 0.2) is 0 Å². The molecule has 0 N–H and O–H groups in total. The van der Waals surface area contributed by atoms with Crippen molar-refractivity contribution >= 4 is 26.4 Å². The lowest BCUT2D eigenvalue weighted by Crippen LogP contribution is -2.24. The van der Waals surface area contributed by atoms with Gasteiger partial charge in [0, 0.05) is 24.7 Å². The smallest absolute Gasteiger partial charge is 0.210 e. The molecule has 1 aromatic heterocycles. The Morgan fingerprint density at radius 2 is 1.63 bits per heavy atom. The number of rotatable bonds is 6. The second-order valence-corrected chi connectivity index (χ2v) is 8.58. The summed E-state index contributed by atoms with van der Waals surface area (Å²) >= 11 is 0. The normalized spacial score (nSPS) is 11.7. The zero-order valence-corrected chi connectivity index (χ0v) is 17.2. The number of aromatic nitrogens is 1. The first-order chi connectivity index (χ1) is 12.9. The summed E-state index contributed by atoms with van der Waals surface area (Å²) in [6.45, 7) is 9.59. The molecule has 0 aliphatic rings. The highest BCUT2D eigenvalue weighted by Gasteiger charge is 2.26. The highest BCUT2D eigenvalue weighted by atomic mass is 32.2. The van der Waals surface area contributed by atoms with E-state index in [1.165, 1.54) is 6.20 Å². The van der Waals surface area contributed by atoms with E-state index in [1.807, 2.05) is 51.1 Å². The summed E-state index contributed by atoms with van der Waals surface area (Å²) in [7, 11) is -3.67. The summed E-state index contributed by atoms with van der Waals surface area (Å²) in [5.74, 6) is 0. The Morgan fingerprint density at radius 3 is 2.22 bits per heavy atom. The highest BCUT2D eigenvalue weighted by Crippen LogP contribution is 2.36. The number of fused-ring (bicyclic) bond motifs is 1. The van der Waals surface area contributed by atoms with Crippen molar-refractivity contribution in [1.29, 1.82) is 0 Å². The topological polar surface area (TPSA) is 50.3 Å². The van der Waals surface area contributed by atoms with Crippen molar-refractivity contribution < 1.29 is 8.42 Å². The van der Waals surface area contributed by atoms with Crippen molar-refractivity contribution in [2.75, 3.05) is 18.0 Å². The zero-order valence-electron chi connectivity index (χ0n) is 16.4. The Hall–Kier alpha value is -2.40. The molecule has 0 atom stereocenters. The molecule has 0 bridgehead atoms. The van der Waals surface area contributed by atoms with Crippen LogP contribution in [0.4, 0.5) is 5.69 Å². The standard InChI is InChI=1S/C22H26N2O2S/c1-5-17-9-11-18(12-10-17)27(25,26)21-15-23-20-13-8-16(4)14-19(20)22(21)24(6-2)7-3/h8-15H,5-7H2,1-4H3. The largest absolute Gasteiger partial charge is 0.370 e. The third-order valence-corrected chi connectivity index (χ3v) is 6.74. The summed E-state index contributed by atoms with van der Waals surface area (Å²) in [4.78, 5) is 7.13. The Labute approximate surface area is 161 Å². The summed E-state index contributed by atoms with van der Waals surface area (Å²) in [5.41, 5.74) is 3.75. The molecule has 5 heteroatoms. The van der Waals surface area contributed by atoms with Crippen LogP contribution in [-0.4, -0.2) is 26.5 Å². The number of pyridine rings is 1. The Balaban J connectivity index is 2.30. The van der Waals surface area contributed by atoms with Crippen LogP contribution in [0.5, 0.6) is 0 Å². The summed E-state index contributed by atoms with van der Waals surface area (Å²) < 4.78 is 26.9. The number of anilines is 1. The van der Waals surface area contributed by atoms with Crippen molar-refractivity contribution in [3.8, 4) is 0 Å². The van der Waals surface area contributed by atoms with E-state index in [0.29, 0.717) is 4.90 Å². The van der Waals surface area contributed by atoms with Gasteiger partial charge < -0.3 is 4.90 Å². The molecule has 0 aliphatic heterocycles. The predicted molar refractivity (Wildman–Crippen MR) is 111 cm³/mol. The van der Waals surface area contributed by atoms with E-state index in [4.69, 9.17) is 0 Å². The number of sulfone groups is 1. The van der Waals surface area contributed by atoms with Crippen molar-refractivity contribution in [2.45, 2.75) is 43.9 Å². The van der Waals surface area contributed by atoms with Crippen LogP contribution < -0.4 is 4.90 Å². The third kappa shape index (κ3) is 3.56. The van der Waals surface area contributed by atoms with E-state index >= 15 is 0 Å². The fraction of sp³-hybridized carbons (Fsp3) is 0.318. The molecule has 4 nitrogen and oxygen atoms in total. The Bertz CT molecular complexity index is 1050. The highest BCUT2D eigenvalue weighted by molar-refractivity contribution is 7.91. The molecular formula is C22H26N2O2S. The van der Waals surface area contributed by atoms with E-state index in [-0.39, 0.29) is 4.90 Å². The van der Waals surface area contributed by atoms with Crippen LogP contribution in [0.1, 0.15) is 31.9 Å². The van der Waals surface area contributed by atoms with Crippen molar-refractivity contribution in [3.63, 3.8) is 0 Å². The van der Waals surface area contributed by atoms with Crippen LogP contribution in [0, 0.1) is 6.92 Å². The molecule has 142 valence electrons. The van der Waals surface area contributed by atoms with E-state index in [0.717, 1.165) is 47.2 Å². The number of hydrogen-bond donors (Lipinski definition) is 0. The van der Waals surface area contributed by atoms with Crippen LogP contribution >= 0.6 is 0 Å². The third-order valence-electron chi connectivity index (χ3n) is 4.97. The van der Waals surface area contributed by atoms with Crippen LogP contribution in [0.15, 0.2) is 58.5 Å². The lowest BCUT2D eigenvalue weighted by atomic mass is 10.1. The lowest BCUT2D eigenvalue weighted by molar-refractivity contribution is 0.595. The first-order valence-electron chi connectivity index (χ1n) is 9.40. The quantitative estimate of drug-likeness (QED) is 0.615. The van der Waals surface area contributed by atoms with Crippen LogP contribution in [-0.2, 0) is 16.3 Å². The molecule has 3 rings (SSSR count). The minimum atomic E-state index is -3.67. The van der Waals surface area contributed by atoms with E-state index in [9.17, 15) is 8.42 Å². The molecule has 0 radical (unpaired) electrons. The van der Waals surface area contributed by atoms with Crippen molar-refractivity contribution in [2.24, 2.45) is 0 Å². The summed E-state index contributed by atoms with van der Waals surface area (Å²) in [6, 6.07) is 13.1. The molecule has 0 saturated heterocycles. The van der Waals surface area contributed by atoms with Crippen LogP contribution in [0.3, 0.4) is 0 Å². The maximum atomic E-state index is 13.5. The molecule has 27 heavy (non-hydrogen) atoms. The molecule has 0 unspecified atom stereocenters. The molecule has 2 aromatic carbocycles. The molecule has 0 saturated carbocycles. The summed E-state index contributed by atoms with van der Waals surface area (Å²) in [5, 5.41) is 0.880. The van der Waals surface area contributed by atoms with Crippen LogP contribution in [0.2, 0.25) is 0 Å². The Kier molecular flexibility index (Phi) is 5.51. The minimum Gasteiger partial charge on any atom is -0.370 e. The average molecular weight is 383 g/mol. The minimum absolute atomic E-state index is 0.272. The van der Waals surface area contributed by atoms with Gasteiger partial charge in [0.05, 0.1) is 16.1 Å².